The van der Waals surface area contributed by atoms with Crippen LogP contribution in [0.2, 0.25) is 10.0 Å². The first kappa shape index (κ1) is 26.8. The van der Waals surface area contributed by atoms with E-state index >= 15 is 0 Å². The van der Waals surface area contributed by atoms with Crippen LogP contribution in [0.15, 0.2) is 36.4 Å². The van der Waals surface area contributed by atoms with Crippen molar-refractivity contribution in [3.63, 3.8) is 0 Å². The maximum Gasteiger partial charge on any atom is 0.254 e. The molecule has 186 valence electrons. The number of ether oxygens (including phenoxy) is 1. The molecule has 0 N–H and O–H groups in total. The smallest absolute Gasteiger partial charge is 0.254 e. The quantitative estimate of drug-likeness (QED) is 0.379. The number of carbonyl (C=O) groups is 1. The summed E-state index contributed by atoms with van der Waals surface area (Å²) in [4.78, 5) is 15.3. The molecule has 1 aliphatic rings. The van der Waals surface area contributed by atoms with Crippen LogP contribution in [0.1, 0.15) is 68.4 Å². The van der Waals surface area contributed by atoms with Gasteiger partial charge < -0.3 is 9.64 Å². The second kappa shape index (κ2) is 10.9. The van der Waals surface area contributed by atoms with Crippen LogP contribution in [0, 0.1) is 0 Å². The van der Waals surface area contributed by atoms with E-state index in [1.807, 2.05) is 12.1 Å². The zero-order valence-electron chi connectivity index (χ0n) is 20.2. The molecule has 5 nitrogen and oxygen atoms in total. The molecule has 2 aromatic rings. The van der Waals surface area contributed by atoms with Gasteiger partial charge in [0.15, 0.2) is 15.6 Å². The minimum absolute atomic E-state index is 0.0159. The molecular weight excluding hydrogens is 493 g/mol. The zero-order chi connectivity index (χ0) is 25.1. The lowest BCUT2D eigenvalue weighted by molar-refractivity contribution is 0.0681. The van der Waals surface area contributed by atoms with Crippen molar-refractivity contribution in [3.8, 4) is 5.75 Å². The van der Waals surface area contributed by atoms with Gasteiger partial charge in [-0.05, 0) is 41.5 Å². The highest BCUT2D eigenvalue weighted by Gasteiger charge is 2.35. The molecule has 1 heterocycles. The molecule has 3 rings (SSSR count). The van der Waals surface area contributed by atoms with Crippen molar-refractivity contribution in [1.29, 1.82) is 0 Å². The van der Waals surface area contributed by atoms with E-state index in [2.05, 4.69) is 39.8 Å². The van der Waals surface area contributed by atoms with Crippen molar-refractivity contribution in [3.05, 3.63) is 63.1 Å². The van der Waals surface area contributed by atoms with E-state index in [-0.39, 0.29) is 32.9 Å². The number of unbranched alkanes of at least 4 members (excludes halogenated alkanes) is 1. The average molecular weight is 527 g/mol. The summed E-state index contributed by atoms with van der Waals surface area (Å²) in [5.41, 5.74) is 2.45. The van der Waals surface area contributed by atoms with Crippen molar-refractivity contribution in [2.24, 2.45) is 0 Å². The van der Waals surface area contributed by atoms with Gasteiger partial charge >= 0.3 is 0 Å². The fourth-order valence-corrected chi connectivity index (χ4v) is 6.33. The molecule has 1 fully saturated rings. The number of rotatable bonds is 8. The fourth-order valence-electron chi connectivity index (χ4n) is 4.00. The Morgan fingerprint density at radius 2 is 1.74 bits per heavy atom. The van der Waals surface area contributed by atoms with Gasteiger partial charge in [0.1, 0.15) is 0 Å². The molecule has 0 saturated carbocycles. The van der Waals surface area contributed by atoms with Crippen LogP contribution in [0.3, 0.4) is 0 Å². The third-order valence-electron chi connectivity index (χ3n) is 6.07. The molecule has 0 unspecified atom stereocenters. The maximum atomic E-state index is 13.6. The Bertz CT molecular complexity index is 1100. The first-order chi connectivity index (χ1) is 15.9. The third-order valence-corrected chi connectivity index (χ3v) is 8.38. The minimum atomic E-state index is -3.18. The molecule has 0 radical (unpaired) electrons. The Kier molecular flexibility index (Phi) is 8.59. The predicted octanol–water partition coefficient (Wildman–Crippen LogP) is 6.30. The van der Waals surface area contributed by atoms with Gasteiger partial charge in [-0.3, -0.25) is 4.79 Å². The Labute approximate surface area is 213 Å². The van der Waals surface area contributed by atoms with E-state index < -0.39 is 15.9 Å². The van der Waals surface area contributed by atoms with Crippen LogP contribution < -0.4 is 4.74 Å². The van der Waals surface area contributed by atoms with E-state index in [0.29, 0.717) is 30.9 Å². The van der Waals surface area contributed by atoms with Gasteiger partial charge in [-0.2, -0.15) is 0 Å². The highest BCUT2D eigenvalue weighted by atomic mass is 35.5. The molecule has 34 heavy (non-hydrogen) atoms. The van der Waals surface area contributed by atoms with Crippen LogP contribution in [0.4, 0.5) is 0 Å². The van der Waals surface area contributed by atoms with Gasteiger partial charge in [-0.25, -0.2) is 8.42 Å². The summed E-state index contributed by atoms with van der Waals surface area (Å²) in [7, 11) is -3.18. The largest absolute Gasteiger partial charge is 0.490 e. The van der Waals surface area contributed by atoms with Crippen molar-refractivity contribution in [1.82, 2.24) is 4.90 Å². The van der Waals surface area contributed by atoms with E-state index in [0.717, 1.165) is 18.4 Å². The molecule has 0 aliphatic carbocycles. The summed E-state index contributed by atoms with van der Waals surface area (Å²) < 4.78 is 30.1. The average Bonchev–Trinajstić information content (AvgIpc) is 3.12. The molecule has 2 aromatic carbocycles. The van der Waals surface area contributed by atoms with Gasteiger partial charge in [0, 0.05) is 18.2 Å². The summed E-state index contributed by atoms with van der Waals surface area (Å²) in [6, 6.07) is 10.8. The van der Waals surface area contributed by atoms with Gasteiger partial charge in [-0.1, -0.05) is 81.6 Å². The van der Waals surface area contributed by atoms with Crippen molar-refractivity contribution in [2.75, 3.05) is 18.1 Å². The monoisotopic (exact) mass is 525 g/mol. The van der Waals surface area contributed by atoms with E-state index in [9.17, 15) is 13.2 Å². The molecule has 1 aliphatic heterocycles. The zero-order valence-corrected chi connectivity index (χ0v) is 22.6. The van der Waals surface area contributed by atoms with Crippen molar-refractivity contribution in [2.45, 2.75) is 65.0 Å². The van der Waals surface area contributed by atoms with Gasteiger partial charge in [0.05, 0.1) is 28.2 Å². The first-order valence-electron chi connectivity index (χ1n) is 11.6. The summed E-state index contributed by atoms with van der Waals surface area (Å²) in [5.74, 6) is 0.0984. The topological polar surface area (TPSA) is 63.7 Å². The van der Waals surface area contributed by atoms with Gasteiger partial charge in [0.25, 0.3) is 5.91 Å². The Balaban J connectivity index is 1.90. The van der Waals surface area contributed by atoms with Crippen LogP contribution in [-0.2, 0) is 21.8 Å². The molecular formula is C26H33Cl2NO4S. The Morgan fingerprint density at radius 1 is 1.12 bits per heavy atom. The number of benzene rings is 2. The van der Waals surface area contributed by atoms with E-state index in [4.69, 9.17) is 27.9 Å². The lowest BCUT2D eigenvalue weighted by atomic mass is 9.86. The first-order valence-corrected chi connectivity index (χ1v) is 14.2. The lowest BCUT2D eigenvalue weighted by Crippen LogP contribution is -2.40. The van der Waals surface area contributed by atoms with Crippen LogP contribution >= 0.6 is 23.2 Å². The van der Waals surface area contributed by atoms with Crippen molar-refractivity contribution >= 4 is 38.9 Å². The van der Waals surface area contributed by atoms with Gasteiger partial charge in [0.2, 0.25) is 0 Å². The SMILES string of the molecule is CCCCOc1c(Cl)cc(C(=O)N(Cc2ccc(C(C)(C)C)cc2)[C@H]2CCS(=O)(=O)C2)cc1Cl. The number of nitrogens with zero attached hydrogens (tertiary/aromatic N) is 1. The normalized spacial score (nSPS) is 17.5. The van der Waals surface area contributed by atoms with Crippen LogP contribution in [0.25, 0.3) is 0 Å². The summed E-state index contributed by atoms with van der Waals surface area (Å²) in [5, 5.41) is 0.529. The predicted molar refractivity (Wildman–Crippen MR) is 139 cm³/mol. The molecule has 1 saturated heterocycles. The molecule has 1 atom stereocenters. The Hall–Kier alpha value is -1.76. The highest BCUT2D eigenvalue weighted by Crippen LogP contribution is 2.35. The second-order valence-corrected chi connectivity index (χ2v) is 13.0. The van der Waals surface area contributed by atoms with Crippen LogP contribution in [-0.4, -0.2) is 43.4 Å². The number of hydrogen-bond acceptors (Lipinski definition) is 4. The second-order valence-electron chi connectivity index (χ2n) is 9.91. The molecule has 0 aromatic heterocycles. The summed E-state index contributed by atoms with van der Waals surface area (Å²) in [6.45, 7) is 9.27. The molecule has 1 amide bonds. The number of sulfone groups is 1. The molecule has 0 spiro atoms. The number of hydrogen-bond donors (Lipinski definition) is 0. The standard InChI is InChI=1S/C26H33Cl2NO4S/c1-5-6-12-33-24-22(27)14-19(15-23(24)28)25(30)29(21-11-13-34(31,32)17-21)16-18-7-9-20(10-8-18)26(2,3)4/h7-10,14-15,21H,5-6,11-13,16-17H2,1-4H3/t21-/m0/s1. The maximum absolute atomic E-state index is 13.6. The van der Waals surface area contributed by atoms with Crippen LogP contribution in [0.5, 0.6) is 5.75 Å². The number of carbonyl (C=O) groups excluding carboxylic acids is 1. The van der Waals surface area contributed by atoms with Crippen molar-refractivity contribution < 1.29 is 17.9 Å². The number of amides is 1. The highest BCUT2D eigenvalue weighted by molar-refractivity contribution is 7.91. The van der Waals surface area contributed by atoms with E-state index in [1.165, 1.54) is 5.56 Å². The summed E-state index contributed by atoms with van der Waals surface area (Å²) >= 11 is 12.8. The fraction of sp³-hybridized carbons (Fsp3) is 0.500. The number of halogens is 2. The lowest BCUT2D eigenvalue weighted by Gasteiger charge is -2.29. The van der Waals surface area contributed by atoms with E-state index in [1.54, 1.807) is 17.0 Å². The third kappa shape index (κ3) is 6.67. The van der Waals surface area contributed by atoms with Gasteiger partial charge in [-0.15, -0.1) is 0 Å². The molecule has 8 heteroatoms. The minimum Gasteiger partial charge on any atom is -0.490 e. The Morgan fingerprint density at radius 3 is 2.24 bits per heavy atom. The molecule has 0 bridgehead atoms. The summed E-state index contributed by atoms with van der Waals surface area (Å²) in [6.07, 6.45) is 2.25.